The van der Waals surface area contributed by atoms with E-state index >= 15 is 0 Å². The van der Waals surface area contributed by atoms with Gasteiger partial charge in [0.1, 0.15) is 11.6 Å². The molecular weight excluding hydrogens is 387 g/mol. The standard InChI is InChI=1S/C27H29FN2O/c1-31-24-4-2-3-21(13-24)27-9-10-30(16-18-5-6-18)17-22(27)12-20-11-19-7-8-23(28)14-25(19)29-26(20)15-27/h2-4,7-8,11,13-14,18,22H,5-6,9-10,12,15-17H2,1H3/t22-,27-/m0/s1. The molecular formula is C27H29FN2O. The average molecular weight is 417 g/mol. The van der Waals surface area contributed by atoms with Gasteiger partial charge in [-0.15, -0.1) is 0 Å². The van der Waals surface area contributed by atoms with Gasteiger partial charge in [0.25, 0.3) is 0 Å². The van der Waals surface area contributed by atoms with Gasteiger partial charge in [-0.2, -0.15) is 0 Å². The van der Waals surface area contributed by atoms with Crippen LogP contribution >= 0.6 is 0 Å². The summed E-state index contributed by atoms with van der Waals surface area (Å²) in [7, 11) is 1.74. The first kappa shape index (κ1) is 19.2. The van der Waals surface area contributed by atoms with Crippen molar-refractivity contribution < 1.29 is 9.13 Å². The highest BCUT2D eigenvalue weighted by Gasteiger charge is 2.48. The number of pyridine rings is 1. The van der Waals surface area contributed by atoms with E-state index in [1.54, 1.807) is 13.2 Å². The van der Waals surface area contributed by atoms with Gasteiger partial charge in [-0.1, -0.05) is 12.1 Å². The van der Waals surface area contributed by atoms with E-state index < -0.39 is 0 Å². The van der Waals surface area contributed by atoms with Crippen molar-refractivity contribution >= 4 is 10.9 Å². The Bertz CT molecular complexity index is 1140. The third-order valence-corrected chi connectivity index (χ3v) is 7.89. The van der Waals surface area contributed by atoms with Gasteiger partial charge in [-0.25, -0.2) is 4.39 Å². The highest BCUT2D eigenvalue weighted by molar-refractivity contribution is 5.79. The number of halogens is 1. The summed E-state index contributed by atoms with van der Waals surface area (Å²) in [5.41, 5.74) is 4.69. The second kappa shape index (κ2) is 7.30. The Hall–Kier alpha value is -2.46. The predicted octanol–water partition coefficient (Wildman–Crippen LogP) is 5.15. The summed E-state index contributed by atoms with van der Waals surface area (Å²) in [6, 6.07) is 15.9. The van der Waals surface area contributed by atoms with Crippen LogP contribution in [0.1, 0.15) is 36.1 Å². The van der Waals surface area contributed by atoms with Crippen molar-refractivity contribution in [3.63, 3.8) is 0 Å². The summed E-state index contributed by atoms with van der Waals surface area (Å²) >= 11 is 0. The Balaban J connectivity index is 1.43. The van der Waals surface area contributed by atoms with E-state index in [1.807, 2.05) is 12.1 Å². The maximum atomic E-state index is 13.9. The van der Waals surface area contributed by atoms with Crippen molar-refractivity contribution in [1.29, 1.82) is 0 Å². The van der Waals surface area contributed by atoms with Crippen molar-refractivity contribution in [3.8, 4) is 5.75 Å². The third kappa shape index (κ3) is 3.41. The number of aromatic nitrogens is 1. The minimum absolute atomic E-state index is 0.0651. The Labute approximate surface area is 183 Å². The Morgan fingerprint density at radius 3 is 2.90 bits per heavy atom. The van der Waals surface area contributed by atoms with Crippen LogP contribution in [-0.4, -0.2) is 36.6 Å². The van der Waals surface area contributed by atoms with E-state index in [-0.39, 0.29) is 11.2 Å². The molecule has 0 unspecified atom stereocenters. The fourth-order valence-corrected chi connectivity index (χ4v) is 6.00. The van der Waals surface area contributed by atoms with Crippen LogP contribution in [0.15, 0.2) is 48.5 Å². The van der Waals surface area contributed by atoms with Crippen molar-refractivity contribution in [1.82, 2.24) is 9.88 Å². The summed E-state index contributed by atoms with van der Waals surface area (Å²) < 4.78 is 19.4. The molecule has 1 saturated carbocycles. The molecule has 2 fully saturated rings. The van der Waals surface area contributed by atoms with Gasteiger partial charge in [0.2, 0.25) is 0 Å². The fraction of sp³-hybridized carbons (Fsp3) is 0.444. The molecule has 3 aromatic rings. The second-order valence-electron chi connectivity index (χ2n) is 9.85. The molecule has 1 aromatic heterocycles. The first-order valence-corrected chi connectivity index (χ1v) is 11.6. The van der Waals surface area contributed by atoms with Crippen molar-refractivity contribution in [3.05, 3.63) is 71.2 Å². The topological polar surface area (TPSA) is 25.4 Å². The molecule has 2 heterocycles. The first-order chi connectivity index (χ1) is 15.1. The van der Waals surface area contributed by atoms with Gasteiger partial charge in [-0.3, -0.25) is 4.98 Å². The number of hydrogen-bond donors (Lipinski definition) is 0. The van der Waals surface area contributed by atoms with Crippen molar-refractivity contribution in [2.75, 3.05) is 26.7 Å². The smallest absolute Gasteiger partial charge is 0.125 e. The Kier molecular flexibility index (Phi) is 4.53. The molecule has 2 atom stereocenters. The molecule has 0 N–H and O–H groups in total. The number of ether oxygens (including phenoxy) is 1. The van der Waals surface area contributed by atoms with E-state index in [4.69, 9.17) is 9.72 Å². The molecule has 0 bridgehead atoms. The minimum Gasteiger partial charge on any atom is -0.497 e. The van der Waals surface area contributed by atoms with Crippen molar-refractivity contribution in [2.24, 2.45) is 11.8 Å². The van der Waals surface area contributed by atoms with Crippen LogP contribution in [0.2, 0.25) is 0 Å². The zero-order valence-electron chi connectivity index (χ0n) is 18.1. The van der Waals surface area contributed by atoms with Gasteiger partial charge in [-0.05, 0) is 85.5 Å². The maximum Gasteiger partial charge on any atom is 0.125 e. The molecule has 0 spiro atoms. The van der Waals surface area contributed by atoms with Crippen LogP contribution in [0.25, 0.3) is 10.9 Å². The molecule has 6 rings (SSSR count). The van der Waals surface area contributed by atoms with Crippen LogP contribution in [0.4, 0.5) is 4.39 Å². The van der Waals surface area contributed by atoms with Crippen LogP contribution in [0, 0.1) is 17.7 Å². The molecule has 3 nitrogen and oxygen atoms in total. The summed E-state index contributed by atoms with van der Waals surface area (Å²) in [6.07, 6.45) is 5.90. The summed E-state index contributed by atoms with van der Waals surface area (Å²) in [5, 5.41) is 1.04. The lowest BCUT2D eigenvalue weighted by molar-refractivity contribution is 0.0777. The number of methoxy groups -OCH3 is 1. The average Bonchev–Trinajstić information content (AvgIpc) is 3.60. The lowest BCUT2D eigenvalue weighted by atomic mass is 9.58. The van der Waals surface area contributed by atoms with E-state index in [9.17, 15) is 4.39 Å². The van der Waals surface area contributed by atoms with Gasteiger partial charge in [0.15, 0.2) is 0 Å². The van der Waals surface area contributed by atoms with E-state index in [0.717, 1.165) is 60.6 Å². The summed E-state index contributed by atoms with van der Waals surface area (Å²) in [6.45, 7) is 3.54. The van der Waals surface area contributed by atoms with E-state index in [0.29, 0.717) is 5.92 Å². The van der Waals surface area contributed by atoms with Gasteiger partial charge >= 0.3 is 0 Å². The van der Waals surface area contributed by atoms with Gasteiger partial charge in [0, 0.05) is 42.1 Å². The fourth-order valence-electron chi connectivity index (χ4n) is 6.00. The SMILES string of the molecule is COc1cccc([C@@]23CCN(CC4CC4)C[C@@H]2Cc2cc4ccc(F)cc4nc2C3)c1. The number of piperidine rings is 1. The van der Waals surface area contributed by atoms with Crippen LogP contribution in [0.5, 0.6) is 5.75 Å². The summed E-state index contributed by atoms with van der Waals surface area (Å²) in [5.74, 6) is 2.18. The monoisotopic (exact) mass is 416 g/mol. The number of nitrogens with zero attached hydrogens (tertiary/aromatic N) is 2. The normalized spacial score (nSPS) is 25.8. The van der Waals surface area contributed by atoms with Crippen LogP contribution < -0.4 is 4.74 Å². The molecule has 0 amide bonds. The zero-order chi connectivity index (χ0) is 21.0. The number of benzene rings is 2. The minimum atomic E-state index is -0.218. The van der Waals surface area contributed by atoms with Gasteiger partial charge < -0.3 is 9.64 Å². The lowest BCUT2D eigenvalue weighted by Gasteiger charge is -2.51. The largest absolute Gasteiger partial charge is 0.497 e. The van der Waals surface area contributed by atoms with Gasteiger partial charge in [0.05, 0.1) is 12.6 Å². The van der Waals surface area contributed by atoms with Crippen LogP contribution in [-0.2, 0) is 18.3 Å². The number of rotatable bonds is 4. The van der Waals surface area contributed by atoms with E-state index in [2.05, 4.69) is 29.2 Å². The molecule has 2 aliphatic carbocycles. The molecule has 0 radical (unpaired) electrons. The molecule has 31 heavy (non-hydrogen) atoms. The van der Waals surface area contributed by atoms with Crippen LogP contribution in [0.3, 0.4) is 0 Å². The number of hydrogen-bond acceptors (Lipinski definition) is 3. The van der Waals surface area contributed by atoms with Crippen molar-refractivity contribution in [2.45, 2.75) is 37.5 Å². The first-order valence-electron chi connectivity index (χ1n) is 11.6. The number of likely N-dealkylation sites (tertiary alicyclic amines) is 1. The predicted molar refractivity (Wildman–Crippen MR) is 121 cm³/mol. The second-order valence-corrected chi connectivity index (χ2v) is 9.85. The van der Waals surface area contributed by atoms with E-state index in [1.165, 1.54) is 36.6 Å². The zero-order valence-corrected chi connectivity index (χ0v) is 18.1. The molecule has 1 saturated heterocycles. The maximum absolute atomic E-state index is 13.9. The summed E-state index contributed by atoms with van der Waals surface area (Å²) in [4.78, 5) is 7.68. The Morgan fingerprint density at radius 1 is 1.16 bits per heavy atom. The lowest BCUT2D eigenvalue weighted by Crippen LogP contribution is -2.54. The molecule has 4 heteroatoms. The molecule has 3 aliphatic rings. The quantitative estimate of drug-likeness (QED) is 0.588. The Morgan fingerprint density at radius 2 is 2.06 bits per heavy atom. The molecule has 1 aliphatic heterocycles. The highest BCUT2D eigenvalue weighted by Crippen LogP contribution is 2.49. The number of fused-ring (bicyclic) bond motifs is 3. The highest BCUT2D eigenvalue weighted by atomic mass is 19.1. The third-order valence-electron chi connectivity index (χ3n) is 7.89. The molecule has 2 aromatic carbocycles. The molecule has 160 valence electrons.